The maximum Gasteiger partial charge on any atom is 0.257 e. The number of nitrogens with one attached hydrogen (secondary N) is 1. The molecule has 26 heavy (non-hydrogen) atoms. The fraction of sp³-hybridized carbons (Fsp3) is 0.579. The summed E-state index contributed by atoms with van der Waals surface area (Å²) in [7, 11) is 0. The highest BCUT2D eigenvalue weighted by atomic mass is 35.5. The first-order chi connectivity index (χ1) is 12.5. The minimum atomic E-state index is -0.158. The van der Waals surface area contributed by atoms with E-state index in [0.717, 1.165) is 32.4 Å². The summed E-state index contributed by atoms with van der Waals surface area (Å²) in [5.41, 5.74) is 0.604. The molecule has 0 bridgehead atoms. The summed E-state index contributed by atoms with van der Waals surface area (Å²) in [6.07, 6.45) is 3.24. The number of hydrogen-bond donors (Lipinski definition) is 1. The number of benzene rings is 1. The predicted octanol–water partition coefficient (Wildman–Crippen LogP) is 2.67. The van der Waals surface area contributed by atoms with Crippen LogP contribution in [0.3, 0.4) is 0 Å². The Balaban J connectivity index is 1.36. The molecule has 2 aliphatic heterocycles. The average molecular weight is 396 g/mol. The SMILES string of the molecule is O=C(c1c(Cl)cccc1Cl)N1CCN(C(=O)C2CC23CCNCC3)CC1. The van der Waals surface area contributed by atoms with E-state index < -0.39 is 0 Å². The summed E-state index contributed by atoms with van der Waals surface area (Å²) in [6, 6.07) is 5.07. The highest BCUT2D eigenvalue weighted by Crippen LogP contribution is 2.59. The van der Waals surface area contributed by atoms with Crippen LogP contribution >= 0.6 is 23.2 Å². The van der Waals surface area contributed by atoms with Gasteiger partial charge in [0.05, 0.1) is 15.6 Å². The second-order valence-electron chi connectivity index (χ2n) is 7.58. The molecule has 1 aromatic carbocycles. The maximum absolute atomic E-state index is 12.8. The Kier molecular flexibility index (Phi) is 4.88. The maximum atomic E-state index is 12.8. The van der Waals surface area contributed by atoms with E-state index in [4.69, 9.17) is 23.2 Å². The molecule has 1 atom stereocenters. The monoisotopic (exact) mass is 395 g/mol. The van der Waals surface area contributed by atoms with Gasteiger partial charge in [-0.3, -0.25) is 9.59 Å². The third kappa shape index (κ3) is 3.21. The van der Waals surface area contributed by atoms with Gasteiger partial charge in [-0.05, 0) is 49.9 Å². The molecule has 0 radical (unpaired) electrons. The van der Waals surface area contributed by atoms with Crippen molar-refractivity contribution in [1.29, 1.82) is 0 Å². The van der Waals surface area contributed by atoms with Crippen LogP contribution in [0.4, 0.5) is 0 Å². The van der Waals surface area contributed by atoms with Crippen LogP contribution in [0.25, 0.3) is 0 Å². The Hall–Kier alpha value is -1.30. The lowest BCUT2D eigenvalue weighted by Gasteiger charge is -2.36. The minimum Gasteiger partial charge on any atom is -0.339 e. The zero-order valence-corrected chi connectivity index (χ0v) is 16.2. The fourth-order valence-corrected chi connectivity index (χ4v) is 4.94. The molecule has 2 saturated heterocycles. The number of rotatable bonds is 2. The van der Waals surface area contributed by atoms with Gasteiger partial charge in [-0.1, -0.05) is 29.3 Å². The molecule has 1 saturated carbocycles. The molecule has 1 N–H and O–H groups in total. The first-order valence-corrected chi connectivity index (χ1v) is 10.0. The van der Waals surface area contributed by atoms with E-state index in [1.165, 1.54) is 0 Å². The molecule has 3 fully saturated rings. The molecular formula is C19H23Cl2N3O2. The van der Waals surface area contributed by atoms with Gasteiger partial charge in [0.1, 0.15) is 0 Å². The molecule has 3 aliphatic rings. The van der Waals surface area contributed by atoms with Crippen LogP contribution in [-0.4, -0.2) is 60.9 Å². The lowest BCUT2D eigenvalue weighted by Crippen LogP contribution is -2.51. The fourth-order valence-electron chi connectivity index (χ4n) is 4.38. The molecule has 5 nitrogen and oxygen atoms in total. The molecule has 2 heterocycles. The average Bonchev–Trinajstić information content (AvgIpc) is 3.34. The summed E-state index contributed by atoms with van der Waals surface area (Å²) in [4.78, 5) is 29.3. The van der Waals surface area contributed by atoms with E-state index in [2.05, 4.69) is 5.32 Å². The Morgan fingerprint density at radius 2 is 1.58 bits per heavy atom. The van der Waals surface area contributed by atoms with Gasteiger partial charge in [0, 0.05) is 32.1 Å². The summed E-state index contributed by atoms with van der Waals surface area (Å²) in [5.74, 6) is 0.300. The molecule has 1 unspecified atom stereocenters. The van der Waals surface area contributed by atoms with Crippen LogP contribution in [0.1, 0.15) is 29.6 Å². The van der Waals surface area contributed by atoms with Crippen molar-refractivity contribution in [3.8, 4) is 0 Å². The summed E-state index contributed by atoms with van der Waals surface area (Å²) >= 11 is 12.3. The van der Waals surface area contributed by atoms with Crippen molar-refractivity contribution in [1.82, 2.24) is 15.1 Å². The first-order valence-electron chi connectivity index (χ1n) is 9.25. The van der Waals surface area contributed by atoms with E-state index in [1.807, 2.05) is 4.90 Å². The summed E-state index contributed by atoms with van der Waals surface area (Å²) < 4.78 is 0. The van der Waals surface area contributed by atoms with Crippen molar-refractivity contribution in [2.45, 2.75) is 19.3 Å². The summed E-state index contributed by atoms with van der Waals surface area (Å²) in [5, 5.41) is 4.11. The number of carbonyl (C=O) groups excluding carboxylic acids is 2. The number of hydrogen-bond acceptors (Lipinski definition) is 3. The van der Waals surface area contributed by atoms with E-state index >= 15 is 0 Å². The number of piperazine rings is 1. The second-order valence-corrected chi connectivity index (χ2v) is 8.40. The molecule has 0 aromatic heterocycles. The van der Waals surface area contributed by atoms with Crippen molar-refractivity contribution in [2.24, 2.45) is 11.3 Å². The van der Waals surface area contributed by atoms with Gasteiger partial charge in [0.25, 0.3) is 5.91 Å². The van der Waals surface area contributed by atoms with Crippen LogP contribution in [0.15, 0.2) is 18.2 Å². The topological polar surface area (TPSA) is 52.7 Å². The van der Waals surface area contributed by atoms with Gasteiger partial charge in [-0.2, -0.15) is 0 Å². The van der Waals surface area contributed by atoms with Crippen molar-refractivity contribution in [3.63, 3.8) is 0 Å². The minimum absolute atomic E-state index is 0.158. The zero-order valence-electron chi connectivity index (χ0n) is 14.6. The van der Waals surface area contributed by atoms with Gasteiger partial charge in [-0.15, -0.1) is 0 Å². The van der Waals surface area contributed by atoms with Gasteiger partial charge in [0.15, 0.2) is 0 Å². The Labute approximate surface area is 163 Å². The summed E-state index contributed by atoms with van der Waals surface area (Å²) in [6.45, 7) is 4.24. The highest BCUT2D eigenvalue weighted by Gasteiger charge is 2.58. The normalized spacial score (nSPS) is 24.6. The van der Waals surface area contributed by atoms with Crippen molar-refractivity contribution in [2.75, 3.05) is 39.3 Å². The standard InChI is InChI=1S/C19H23Cl2N3O2/c20-14-2-1-3-15(21)16(14)18(26)24-10-8-23(9-11-24)17(25)13-12-19(13)4-6-22-7-5-19/h1-3,13,22H,4-12H2. The van der Waals surface area contributed by atoms with Gasteiger partial charge in [-0.25, -0.2) is 0 Å². The van der Waals surface area contributed by atoms with Gasteiger partial charge >= 0.3 is 0 Å². The molecule has 2 amide bonds. The van der Waals surface area contributed by atoms with Crippen LogP contribution in [0.2, 0.25) is 10.0 Å². The number of halogens is 2. The van der Waals surface area contributed by atoms with E-state index in [0.29, 0.717) is 41.8 Å². The third-order valence-electron chi connectivity index (χ3n) is 6.14. The predicted molar refractivity (Wildman–Crippen MR) is 102 cm³/mol. The quantitative estimate of drug-likeness (QED) is 0.837. The molecule has 1 aliphatic carbocycles. The van der Waals surface area contributed by atoms with Crippen LogP contribution in [-0.2, 0) is 4.79 Å². The van der Waals surface area contributed by atoms with E-state index in [1.54, 1.807) is 23.1 Å². The number of nitrogens with zero attached hydrogens (tertiary/aromatic N) is 2. The number of carbonyl (C=O) groups is 2. The molecule has 7 heteroatoms. The Morgan fingerprint density at radius 1 is 1.00 bits per heavy atom. The van der Waals surface area contributed by atoms with Gasteiger partial charge in [0.2, 0.25) is 5.91 Å². The molecular weight excluding hydrogens is 373 g/mol. The Morgan fingerprint density at radius 3 is 2.19 bits per heavy atom. The lowest BCUT2D eigenvalue weighted by molar-refractivity contribution is -0.135. The zero-order chi connectivity index (χ0) is 18.3. The van der Waals surface area contributed by atoms with E-state index in [-0.39, 0.29) is 23.1 Å². The highest BCUT2D eigenvalue weighted by molar-refractivity contribution is 6.39. The van der Waals surface area contributed by atoms with E-state index in [9.17, 15) is 9.59 Å². The Bertz CT molecular complexity index is 705. The number of amides is 2. The van der Waals surface area contributed by atoms with Crippen LogP contribution in [0, 0.1) is 11.3 Å². The van der Waals surface area contributed by atoms with Crippen LogP contribution < -0.4 is 5.32 Å². The van der Waals surface area contributed by atoms with Crippen molar-refractivity contribution in [3.05, 3.63) is 33.8 Å². The second kappa shape index (κ2) is 7.02. The van der Waals surface area contributed by atoms with Crippen LogP contribution in [0.5, 0.6) is 0 Å². The smallest absolute Gasteiger partial charge is 0.257 e. The molecule has 4 rings (SSSR count). The lowest BCUT2D eigenvalue weighted by atomic mass is 9.91. The van der Waals surface area contributed by atoms with Crippen molar-refractivity contribution >= 4 is 35.0 Å². The first kappa shape index (κ1) is 18.1. The van der Waals surface area contributed by atoms with Gasteiger partial charge < -0.3 is 15.1 Å². The van der Waals surface area contributed by atoms with Crippen molar-refractivity contribution < 1.29 is 9.59 Å². The number of piperidine rings is 1. The molecule has 140 valence electrons. The third-order valence-corrected chi connectivity index (χ3v) is 6.77. The largest absolute Gasteiger partial charge is 0.339 e. The molecule has 1 aromatic rings. The molecule has 1 spiro atoms.